The topological polar surface area (TPSA) is 47.0 Å². The van der Waals surface area contributed by atoms with Gasteiger partial charge in [-0.3, -0.25) is 9.98 Å². The first-order chi connectivity index (χ1) is 13.8. The van der Waals surface area contributed by atoms with Gasteiger partial charge in [-0.1, -0.05) is 6.07 Å². The van der Waals surface area contributed by atoms with Gasteiger partial charge in [0, 0.05) is 43.5 Å². The lowest BCUT2D eigenvalue weighted by Gasteiger charge is -2.33. The number of likely N-dealkylation sites (tertiary alicyclic amines) is 1. The van der Waals surface area contributed by atoms with Gasteiger partial charge in [0.2, 0.25) is 0 Å². The Bertz CT molecular complexity index is 976. The largest absolute Gasteiger partial charge is 0.495 e. The number of rotatable bonds is 5. The van der Waals surface area contributed by atoms with Crippen molar-refractivity contribution < 1.29 is 9.47 Å². The number of piperidine rings is 1. The number of allylic oxidation sites excluding steroid dienone is 1. The predicted octanol–water partition coefficient (Wildman–Crippen LogP) is 3.86. The van der Waals surface area contributed by atoms with Gasteiger partial charge in [0.15, 0.2) is 0 Å². The molecule has 2 aliphatic heterocycles. The maximum Gasteiger partial charge on any atom is 0.137 e. The smallest absolute Gasteiger partial charge is 0.137 e. The summed E-state index contributed by atoms with van der Waals surface area (Å²) in [6.07, 6.45) is 10.3. The van der Waals surface area contributed by atoms with E-state index < -0.39 is 0 Å². The monoisotopic (exact) mass is 373 g/mol. The van der Waals surface area contributed by atoms with E-state index in [1.807, 2.05) is 18.3 Å². The lowest BCUT2D eigenvalue weighted by Crippen LogP contribution is -2.34. The lowest BCUT2D eigenvalue weighted by molar-refractivity contribution is 0.300. The Morgan fingerprint density at radius 3 is 2.96 bits per heavy atom. The average Bonchev–Trinajstić information content (AvgIpc) is 3.38. The summed E-state index contributed by atoms with van der Waals surface area (Å²) in [4.78, 5) is 11.2. The van der Waals surface area contributed by atoms with Gasteiger partial charge in [-0.15, -0.1) is 0 Å². The second-order valence-electron chi connectivity index (χ2n) is 7.47. The molecule has 3 heterocycles. The van der Waals surface area contributed by atoms with Gasteiger partial charge in [-0.2, -0.15) is 0 Å². The van der Waals surface area contributed by atoms with Crippen molar-refractivity contribution in [2.75, 3.05) is 20.2 Å². The van der Waals surface area contributed by atoms with Crippen LogP contribution in [0.5, 0.6) is 11.5 Å². The third-order valence-corrected chi connectivity index (χ3v) is 5.70. The molecule has 0 amide bonds. The van der Waals surface area contributed by atoms with Crippen molar-refractivity contribution in [2.45, 2.75) is 19.4 Å². The van der Waals surface area contributed by atoms with Gasteiger partial charge >= 0.3 is 0 Å². The molecular weight excluding hydrogens is 350 g/mol. The van der Waals surface area contributed by atoms with Crippen molar-refractivity contribution in [1.29, 1.82) is 0 Å². The highest BCUT2D eigenvalue weighted by Crippen LogP contribution is 2.34. The molecule has 1 fully saturated rings. The zero-order chi connectivity index (χ0) is 18.9. The number of nitrogens with zero attached hydrogens (tertiary/aromatic N) is 3. The summed E-state index contributed by atoms with van der Waals surface area (Å²) < 4.78 is 11.1. The molecule has 1 saturated heterocycles. The molecule has 0 N–H and O–H groups in total. The second-order valence-corrected chi connectivity index (χ2v) is 7.47. The molecular formula is C23H23N3O2. The minimum absolute atomic E-state index is 0.445. The minimum Gasteiger partial charge on any atom is -0.495 e. The molecule has 3 aliphatic rings. The summed E-state index contributed by atoms with van der Waals surface area (Å²) in [5.74, 6) is 2.19. The molecule has 0 bridgehead atoms. The first kappa shape index (κ1) is 17.0. The number of benzene rings is 1. The van der Waals surface area contributed by atoms with Crippen molar-refractivity contribution in [2.24, 2.45) is 10.9 Å². The number of fused-ring (bicyclic) bond motifs is 2. The number of hydrogen-bond donors (Lipinski definition) is 0. The molecule has 1 aliphatic carbocycles. The Morgan fingerprint density at radius 2 is 2.11 bits per heavy atom. The summed E-state index contributed by atoms with van der Waals surface area (Å²) >= 11 is 0. The molecule has 0 radical (unpaired) electrons. The summed E-state index contributed by atoms with van der Waals surface area (Å²) in [6, 6.07) is 10.2. The SMILES string of the molecule is COc1ccc(COc2ccc3c(c2)C=C(N2CCC4C=NC=C4C2)C3)nc1. The highest BCUT2D eigenvalue weighted by molar-refractivity contribution is 5.70. The van der Waals surface area contributed by atoms with Crippen molar-refractivity contribution in [1.82, 2.24) is 9.88 Å². The third-order valence-electron chi connectivity index (χ3n) is 5.70. The molecule has 2 aromatic rings. The van der Waals surface area contributed by atoms with Gasteiger partial charge < -0.3 is 14.4 Å². The van der Waals surface area contributed by atoms with E-state index in [-0.39, 0.29) is 0 Å². The Hall–Kier alpha value is -3.08. The quantitative estimate of drug-likeness (QED) is 0.799. The maximum absolute atomic E-state index is 5.96. The van der Waals surface area contributed by atoms with E-state index >= 15 is 0 Å². The maximum atomic E-state index is 5.96. The molecule has 0 saturated carbocycles. The van der Waals surface area contributed by atoms with Crippen LogP contribution in [-0.4, -0.2) is 36.3 Å². The van der Waals surface area contributed by atoms with E-state index in [0.29, 0.717) is 12.5 Å². The molecule has 28 heavy (non-hydrogen) atoms. The standard InChI is InChI=1S/C23H23N3O2/c1-27-23-5-3-20(25-13-23)15-28-22-4-2-16-8-21(9-18(16)10-22)26-7-6-17-11-24-12-19(17)14-26/h2-5,9-13,17H,6-8,14-15H2,1H3. The Balaban J connectivity index is 1.25. The Labute approximate surface area is 165 Å². The van der Waals surface area contributed by atoms with E-state index in [2.05, 4.69) is 45.4 Å². The van der Waals surface area contributed by atoms with Crippen LogP contribution in [0.15, 0.2) is 59.0 Å². The van der Waals surface area contributed by atoms with Gasteiger partial charge in [-0.05, 0) is 53.5 Å². The van der Waals surface area contributed by atoms with Crippen LogP contribution in [-0.2, 0) is 13.0 Å². The van der Waals surface area contributed by atoms with Gasteiger partial charge in [-0.25, -0.2) is 0 Å². The molecule has 142 valence electrons. The van der Waals surface area contributed by atoms with E-state index in [4.69, 9.17) is 9.47 Å². The van der Waals surface area contributed by atoms with E-state index in [0.717, 1.165) is 43.1 Å². The normalized spacial score (nSPS) is 19.8. The number of ether oxygens (including phenoxy) is 2. The fourth-order valence-electron chi connectivity index (χ4n) is 4.05. The number of methoxy groups -OCH3 is 1. The molecule has 1 atom stereocenters. The van der Waals surface area contributed by atoms with Crippen LogP contribution in [0.4, 0.5) is 0 Å². The van der Waals surface area contributed by atoms with Crippen molar-refractivity contribution in [3.63, 3.8) is 0 Å². The first-order valence-electron chi connectivity index (χ1n) is 9.71. The van der Waals surface area contributed by atoms with Crippen LogP contribution < -0.4 is 9.47 Å². The van der Waals surface area contributed by atoms with Crippen LogP contribution in [0, 0.1) is 5.92 Å². The lowest BCUT2D eigenvalue weighted by atomic mass is 9.94. The van der Waals surface area contributed by atoms with Crippen LogP contribution in [0.25, 0.3) is 6.08 Å². The fourth-order valence-corrected chi connectivity index (χ4v) is 4.05. The summed E-state index contributed by atoms with van der Waals surface area (Å²) in [7, 11) is 1.64. The van der Waals surface area contributed by atoms with Gasteiger partial charge in [0.05, 0.1) is 19.0 Å². The van der Waals surface area contributed by atoms with E-state index in [9.17, 15) is 0 Å². The van der Waals surface area contributed by atoms with Crippen LogP contribution in [0.2, 0.25) is 0 Å². The predicted molar refractivity (Wildman–Crippen MR) is 109 cm³/mol. The summed E-state index contributed by atoms with van der Waals surface area (Å²) in [5, 5.41) is 0. The third kappa shape index (κ3) is 3.28. The highest BCUT2D eigenvalue weighted by Gasteiger charge is 2.27. The summed E-state index contributed by atoms with van der Waals surface area (Å²) in [6.45, 7) is 2.54. The molecule has 5 heteroatoms. The summed E-state index contributed by atoms with van der Waals surface area (Å²) in [5.41, 5.74) is 6.35. The van der Waals surface area contributed by atoms with E-state index in [1.165, 1.54) is 22.4 Å². The van der Waals surface area contributed by atoms with Crippen LogP contribution >= 0.6 is 0 Å². The number of aromatic nitrogens is 1. The van der Waals surface area contributed by atoms with Crippen molar-refractivity contribution >= 4 is 12.3 Å². The first-order valence-corrected chi connectivity index (χ1v) is 9.71. The van der Waals surface area contributed by atoms with Gasteiger partial charge in [0.25, 0.3) is 0 Å². The fraction of sp³-hybridized carbons (Fsp3) is 0.304. The second kappa shape index (κ2) is 7.15. The number of hydrogen-bond acceptors (Lipinski definition) is 5. The van der Waals surface area contributed by atoms with Crippen molar-refractivity contribution in [3.05, 3.63) is 70.8 Å². The highest BCUT2D eigenvalue weighted by atomic mass is 16.5. The zero-order valence-corrected chi connectivity index (χ0v) is 16.0. The van der Waals surface area contributed by atoms with Gasteiger partial charge in [0.1, 0.15) is 18.1 Å². The average molecular weight is 373 g/mol. The molecule has 0 spiro atoms. The number of pyridine rings is 1. The molecule has 5 rings (SSSR count). The molecule has 1 aromatic heterocycles. The van der Waals surface area contributed by atoms with E-state index in [1.54, 1.807) is 13.3 Å². The van der Waals surface area contributed by atoms with Crippen molar-refractivity contribution in [3.8, 4) is 11.5 Å². The van der Waals surface area contributed by atoms with Crippen LogP contribution in [0.1, 0.15) is 23.2 Å². The van der Waals surface area contributed by atoms with Crippen LogP contribution in [0.3, 0.4) is 0 Å². The molecule has 1 aromatic carbocycles. The Morgan fingerprint density at radius 1 is 1.18 bits per heavy atom. The number of aliphatic imine (C=N–C) groups is 1. The molecule has 1 unspecified atom stereocenters. The zero-order valence-electron chi connectivity index (χ0n) is 16.0. The molecule has 5 nitrogen and oxygen atoms in total. The minimum atomic E-state index is 0.445. The Kier molecular flexibility index (Phi) is 4.35.